The van der Waals surface area contributed by atoms with Crippen molar-refractivity contribution in [2.24, 2.45) is 0 Å². The van der Waals surface area contributed by atoms with Crippen LogP contribution in [0.1, 0.15) is 31.9 Å². The molecule has 3 rings (SSSR count). The van der Waals surface area contributed by atoms with Gasteiger partial charge in [-0.1, -0.05) is 24.9 Å². The van der Waals surface area contributed by atoms with E-state index in [9.17, 15) is 0 Å². The molecule has 1 N–H and O–H groups in total. The van der Waals surface area contributed by atoms with Gasteiger partial charge >= 0.3 is 0 Å². The van der Waals surface area contributed by atoms with Crippen LogP contribution >= 0.6 is 11.6 Å². The van der Waals surface area contributed by atoms with Crippen LogP contribution in [0.4, 0.5) is 5.82 Å². The lowest BCUT2D eigenvalue weighted by atomic mass is 9.99. The van der Waals surface area contributed by atoms with E-state index in [1.54, 1.807) is 0 Å². The molecule has 0 bridgehead atoms. The van der Waals surface area contributed by atoms with Crippen molar-refractivity contribution >= 4 is 17.4 Å². The minimum Gasteiger partial charge on any atom is -0.354 e. The van der Waals surface area contributed by atoms with Crippen LogP contribution in [0, 0.1) is 0 Å². The molecule has 0 aliphatic carbocycles. The van der Waals surface area contributed by atoms with Gasteiger partial charge in [0.15, 0.2) is 0 Å². The largest absolute Gasteiger partial charge is 0.354 e. The molecule has 0 amide bonds. The van der Waals surface area contributed by atoms with Crippen molar-refractivity contribution < 1.29 is 0 Å². The summed E-state index contributed by atoms with van der Waals surface area (Å²) in [5.74, 6) is 1.08. The number of fused-ring (bicyclic) bond motifs is 1. The lowest BCUT2D eigenvalue weighted by Crippen LogP contribution is -2.55. The van der Waals surface area contributed by atoms with Gasteiger partial charge in [-0.2, -0.15) is 0 Å². The molecular weight excluding hydrogens is 284 g/mol. The van der Waals surface area contributed by atoms with Crippen LogP contribution in [0.15, 0.2) is 12.1 Å². The van der Waals surface area contributed by atoms with Crippen molar-refractivity contribution in [3.8, 4) is 0 Å². The van der Waals surface area contributed by atoms with Gasteiger partial charge in [0.1, 0.15) is 5.82 Å². The summed E-state index contributed by atoms with van der Waals surface area (Å²) in [7, 11) is 0. The molecule has 4 nitrogen and oxygen atoms in total. The van der Waals surface area contributed by atoms with Crippen molar-refractivity contribution in [2.45, 2.75) is 38.8 Å². The number of piperazine rings is 1. The summed E-state index contributed by atoms with van der Waals surface area (Å²) in [6.45, 7) is 8.40. The Kier molecular flexibility index (Phi) is 4.99. The molecule has 2 aliphatic heterocycles. The first-order chi connectivity index (χ1) is 10.3. The van der Waals surface area contributed by atoms with Crippen LogP contribution in [-0.4, -0.2) is 48.6 Å². The normalized spacial score (nSPS) is 23.1. The lowest BCUT2D eigenvalue weighted by Gasteiger charge is -2.44. The maximum Gasteiger partial charge on any atom is 0.129 e. The van der Waals surface area contributed by atoms with Gasteiger partial charge in [0.2, 0.25) is 0 Å². The second-order valence-electron chi connectivity index (χ2n) is 6.01. The van der Waals surface area contributed by atoms with Crippen LogP contribution in [0.2, 0.25) is 5.02 Å². The summed E-state index contributed by atoms with van der Waals surface area (Å²) < 4.78 is 0. The Labute approximate surface area is 132 Å². The summed E-state index contributed by atoms with van der Waals surface area (Å²) in [6.07, 6.45) is 4.06. The second-order valence-corrected chi connectivity index (χ2v) is 6.42. The van der Waals surface area contributed by atoms with Gasteiger partial charge in [-0.05, 0) is 38.1 Å². The molecular formula is C16H25ClN4. The fourth-order valence-corrected chi connectivity index (χ4v) is 3.55. The summed E-state index contributed by atoms with van der Waals surface area (Å²) in [6, 6.07) is 4.77. The van der Waals surface area contributed by atoms with Crippen LogP contribution in [0.25, 0.3) is 0 Å². The highest BCUT2D eigenvalue weighted by Crippen LogP contribution is 2.25. The monoisotopic (exact) mass is 308 g/mol. The van der Waals surface area contributed by atoms with Gasteiger partial charge in [0, 0.05) is 32.2 Å². The number of pyridine rings is 1. The third-order valence-electron chi connectivity index (χ3n) is 4.61. The van der Waals surface area contributed by atoms with Gasteiger partial charge < -0.3 is 10.2 Å². The molecule has 1 aromatic rings. The van der Waals surface area contributed by atoms with Crippen molar-refractivity contribution in [1.82, 2.24) is 15.2 Å². The highest BCUT2D eigenvalue weighted by Gasteiger charge is 2.29. The molecule has 2 aliphatic rings. The predicted molar refractivity (Wildman–Crippen MR) is 88.1 cm³/mol. The average Bonchev–Trinajstić information content (AvgIpc) is 2.53. The van der Waals surface area contributed by atoms with Crippen LogP contribution in [0.5, 0.6) is 0 Å². The maximum atomic E-state index is 6.25. The number of anilines is 1. The van der Waals surface area contributed by atoms with Gasteiger partial charge in [-0.15, -0.1) is 0 Å². The number of nitrogens with one attached hydrogen (secondary N) is 1. The topological polar surface area (TPSA) is 31.4 Å². The molecule has 0 spiro atoms. The van der Waals surface area contributed by atoms with Crippen molar-refractivity contribution in [3.63, 3.8) is 0 Å². The summed E-state index contributed by atoms with van der Waals surface area (Å²) in [4.78, 5) is 9.86. The molecule has 1 atom stereocenters. The zero-order valence-corrected chi connectivity index (χ0v) is 13.6. The van der Waals surface area contributed by atoms with E-state index in [1.165, 1.54) is 25.8 Å². The van der Waals surface area contributed by atoms with Crippen LogP contribution in [-0.2, 0) is 6.54 Å². The molecule has 3 heterocycles. The van der Waals surface area contributed by atoms with Gasteiger partial charge in [0.25, 0.3) is 0 Å². The molecule has 116 valence electrons. The highest BCUT2D eigenvalue weighted by molar-refractivity contribution is 6.31. The molecule has 2 fully saturated rings. The Morgan fingerprint density at radius 2 is 2.19 bits per heavy atom. The first kappa shape index (κ1) is 15.1. The van der Waals surface area contributed by atoms with E-state index in [2.05, 4.69) is 28.1 Å². The Bertz CT molecular complexity index is 479. The SMILES string of the molecule is CCNCc1nc(N2CCN3CCCCC3C2)ccc1Cl. The van der Waals surface area contributed by atoms with Crippen molar-refractivity contribution in [3.05, 3.63) is 22.8 Å². The zero-order valence-electron chi connectivity index (χ0n) is 12.8. The third kappa shape index (κ3) is 3.50. The molecule has 5 heteroatoms. The lowest BCUT2D eigenvalue weighted by molar-refractivity contribution is 0.133. The standard InChI is InChI=1S/C16H25ClN4/c1-2-18-11-15-14(17)6-7-16(19-15)21-10-9-20-8-4-3-5-13(20)12-21/h6-7,13,18H,2-5,8-12H2,1H3. The quantitative estimate of drug-likeness (QED) is 0.926. The number of hydrogen-bond donors (Lipinski definition) is 1. The fourth-order valence-electron chi connectivity index (χ4n) is 3.38. The van der Waals surface area contributed by atoms with Crippen LogP contribution < -0.4 is 10.2 Å². The van der Waals surface area contributed by atoms with E-state index in [0.29, 0.717) is 6.04 Å². The first-order valence-corrected chi connectivity index (χ1v) is 8.51. The van der Waals surface area contributed by atoms with E-state index in [0.717, 1.165) is 49.3 Å². The number of halogens is 1. The van der Waals surface area contributed by atoms with Crippen LogP contribution in [0.3, 0.4) is 0 Å². The first-order valence-electron chi connectivity index (χ1n) is 8.13. The minimum absolute atomic E-state index is 0.710. The van der Waals surface area contributed by atoms with Crippen molar-refractivity contribution in [1.29, 1.82) is 0 Å². The smallest absolute Gasteiger partial charge is 0.129 e. The number of hydrogen-bond acceptors (Lipinski definition) is 4. The minimum atomic E-state index is 0.710. The molecule has 21 heavy (non-hydrogen) atoms. The summed E-state index contributed by atoms with van der Waals surface area (Å²) in [5, 5.41) is 4.07. The molecule has 0 saturated carbocycles. The molecule has 2 saturated heterocycles. The number of rotatable bonds is 4. The zero-order chi connectivity index (χ0) is 14.7. The Balaban J connectivity index is 1.71. The molecule has 1 unspecified atom stereocenters. The third-order valence-corrected chi connectivity index (χ3v) is 4.95. The summed E-state index contributed by atoms with van der Waals surface area (Å²) in [5.41, 5.74) is 0.960. The summed E-state index contributed by atoms with van der Waals surface area (Å²) >= 11 is 6.25. The maximum absolute atomic E-state index is 6.25. The van der Waals surface area contributed by atoms with Gasteiger partial charge in [-0.3, -0.25) is 4.90 Å². The Hall–Kier alpha value is -0.840. The molecule has 1 aromatic heterocycles. The average molecular weight is 309 g/mol. The number of nitrogens with zero attached hydrogens (tertiary/aromatic N) is 3. The number of aromatic nitrogens is 1. The molecule has 0 radical (unpaired) electrons. The van der Waals surface area contributed by atoms with E-state index in [1.807, 2.05) is 6.07 Å². The van der Waals surface area contributed by atoms with Crippen molar-refractivity contribution in [2.75, 3.05) is 37.6 Å². The van der Waals surface area contributed by atoms with Gasteiger partial charge in [0.05, 0.1) is 10.7 Å². The van der Waals surface area contributed by atoms with E-state index in [-0.39, 0.29) is 0 Å². The highest BCUT2D eigenvalue weighted by atomic mass is 35.5. The number of piperidine rings is 1. The van der Waals surface area contributed by atoms with E-state index in [4.69, 9.17) is 16.6 Å². The van der Waals surface area contributed by atoms with E-state index >= 15 is 0 Å². The van der Waals surface area contributed by atoms with E-state index < -0.39 is 0 Å². The Morgan fingerprint density at radius 1 is 1.29 bits per heavy atom. The predicted octanol–water partition coefficient (Wildman–Crippen LogP) is 2.52. The fraction of sp³-hybridized carbons (Fsp3) is 0.688. The molecule has 0 aromatic carbocycles. The Morgan fingerprint density at radius 3 is 3.05 bits per heavy atom. The van der Waals surface area contributed by atoms with Gasteiger partial charge in [-0.25, -0.2) is 4.98 Å². The second kappa shape index (κ2) is 6.95.